The van der Waals surface area contributed by atoms with Crippen LogP contribution in [-0.4, -0.2) is 25.8 Å². The highest BCUT2D eigenvalue weighted by atomic mass is 16.1. The molecule has 2 heterocycles. The minimum absolute atomic E-state index is 0.202. The summed E-state index contributed by atoms with van der Waals surface area (Å²) in [5.41, 5.74) is 1.71. The number of hydrogen-bond donors (Lipinski definition) is 0. The third kappa shape index (κ3) is 1.90. The summed E-state index contributed by atoms with van der Waals surface area (Å²) in [5, 5.41) is 7.45. The van der Waals surface area contributed by atoms with E-state index in [4.69, 9.17) is 0 Å². The first-order chi connectivity index (χ1) is 7.16. The predicted molar refractivity (Wildman–Crippen MR) is 53.4 cm³/mol. The standard InChI is InChI=1S/C10H10N4O/c1-7-3-4-11-8(5-7)10(15)9-6-14(2)13-12-9/h3-6H,1-2H3. The van der Waals surface area contributed by atoms with Crippen LogP contribution in [0.1, 0.15) is 21.7 Å². The lowest BCUT2D eigenvalue weighted by atomic mass is 10.1. The summed E-state index contributed by atoms with van der Waals surface area (Å²) in [6, 6.07) is 3.57. The van der Waals surface area contributed by atoms with Crippen molar-refractivity contribution in [3.8, 4) is 0 Å². The molecule has 0 amide bonds. The first-order valence-electron chi connectivity index (χ1n) is 4.50. The van der Waals surface area contributed by atoms with E-state index in [0.29, 0.717) is 11.4 Å². The van der Waals surface area contributed by atoms with Gasteiger partial charge in [-0.05, 0) is 24.6 Å². The van der Waals surface area contributed by atoms with Crippen LogP contribution in [0.15, 0.2) is 24.5 Å². The predicted octanol–water partition coefficient (Wildman–Crippen LogP) is 0.750. The molecule has 0 aliphatic heterocycles. The van der Waals surface area contributed by atoms with Gasteiger partial charge in [-0.25, -0.2) is 0 Å². The fourth-order valence-electron chi connectivity index (χ4n) is 1.24. The van der Waals surface area contributed by atoms with E-state index in [-0.39, 0.29) is 5.78 Å². The Morgan fingerprint density at radius 2 is 2.20 bits per heavy atom. The van der Waals surface area contributed by atoms with Gasteiger partial charge in [0.25, 0.3) is 0 Å². The molecule has 0 saturated heterocycles. The molecule has 0 aromatic carbocycles. The Morgan fingerprint density at radius 3 is 2.80 bits per heavy atom. The summed E-state index contributed by atoms with van der Waals surface area (Å²) in [6.07, 6.45) is 3.19. The fourth-order valence-corrected chi connectivity index (χ4v) is 1.24. The molecule has 0 bridgehead atoms. The Hall–Kier alpha value is -2.04. The van der Waals surface area contributed by atoms with Crippen molar-refractivity contribution < 1.29 is 4.79 Å². The molecule has 0 fully saturated rings. The van der Waals surface area contributed by atoms with Crippen LogP contribution in [-0.2, 0) is 7.05 Å². The van der Waals surface area contributed by atoms with Crippen molar-refractivity contribution in [3.05, 3.63) is 41.5 Å². The van der Waals surface area contributed by atoms with E-state index in [1.807, 2.05) is 13.0 Å². The Kier molecular flexibility index (Phi) is 2.29. The zero-order valence-electron chi connectivity index (χ0n) is 8.51. The lowest BCUT2D eigenvalue weighted by Gasteiger charge is -1.96. The van der Waals surface area contributed by atoms with Crippen molar-refractivity contribution >= 4 is 5.78 Å². The molecule has 76 valence electrons. The van der Waals surface area contributed by atoms with Gasteiger partial charge in [0.15, 0.2) is 5.69 Å². The quantitative estimate of drug-likeness (QED) is 0.674. The van der Waals surface area contributed by atoms with Crippen LogP contribution in [0.4, 0.5) is 0 Å². The van der Waals surface area contributed by atoms with Gasteiger partial charge in [-0.1, -0.05) is 5.21 Å². The molecule has 0 aliphatic rings. The number of aryl methyl sites for hydroxylation is 2. The Bertz CT molecular complexity index is 504. The molecule has 15 heavy (non-hydrogen) atoms. The molecule has 0 radical (unpaired) electrons. The summed E-state index contributed by atoms with van der Waals surface area (Å²) in [4.78, 5) is 15.8. The minimum atomic E-state index is -0.202. The van der Waals surface area contributed by atoms with E-state index in [2.05, 4.69) is 15.3 Å². The van der Waals surface area contributed by atoms with Crippen molar-refractivity contribution in [1.29, 1.82) is 0 Å². The average Bonchev–Trinajstić information content (AvgIpc) is 2.64. The van der Waals surface area contributed by atoms with Gasteiger partial charge in [0, 0.05) is 13.2 Å². The lowest BCUT2D eigenvalue weighted by molar-refractivity contribution is 0.102. The highest BCUT2D eigenvalue weighted by Crippen LogP contribution is 2.05. The number of aromatic nitrogens is 4. The number of carbonyl (C=O) groups excluding carboxylic acids is 1. The van der Waals surface area contributed by atoms with Gasteiger partial charge in [-0.3, -0.25) is 14.5 Å². The zero-order valence-corrected chi connectivity index (χ0v) is 8.51. The van der Waals surface area contributed by atoms with Gasteiger partial charge >= 0.3 is 0 Å². The van der Waals surface area contributed by atoms with Crippen molar-refractivity contribution in [3.63, 3.8) is 0 Å². The van der Waals surface area contributed by atoms with E-state index in [0.717, 1.165) is 5.56 Å². The van der Waals surface area contributed by atoms with Crippen molar-refractivity contribution in [2.75, 3.05) is 0 Å². The van der Waals surface area contributed by atoms with E-state index in [1.165, 1.54) is 4.68 Å². The SMILES string of the molecule is Cc1ccnc(C(=O)c2cn(C)nn2)c1. The maximum atomic E-state index is 11.8. The first-order valence-corrected chi connectivity index (χ1v) is 4.50. The van der Waals surface area contributed by atoms with Gasteiger partial charge in [0.05, 0.1) is 6.20 Å². The molecule has 5 nitrogen and oxygen atoms in total. The molecule has 0 unspecified atom stereocenters. The second-order valence-electron chi connectivity index (χ2n) is 3.33. The molecule has 0 spiro atoms. The molecule has 2 aromatic rings. The summed E-state index contributed by atoms with van der Waals surface area (Å²) in [5.74, 6) is -0.202. The van der Waals surface area contributed by atoms with E-state index >= 15 is 0 Å². The van der Waals surface area contributed by atoms with Crippen LogP contribution >= 0.6 is 0 Å². The monoisotopic (exact) mass is 202 g/mol. The van der Waals surface area contributed by atoms with Crippen LogP contribution in [0.3, 0.4) is 0 Å². The summed E-state index contributed by atoms with van der Waals surface area (Å²) < 4.78 is 1.49. The summed E-state index contributed by atoms with van der Waals surface area (Å²) in [7, 11) is 1.72. The highest BCUT2D eigenvalue weighted by Gasteiger charge is 2.13. The lowest BCUT2D eigenvalue weighted by Crippen LogP contribution is -2.04. The van der Waals surface area contributed by atoms with Crippen molar-refractivity contribution in [2.45, 2.75) is 6.92 Å². The van der Waals surface area contributed by atoms with Crippen molar-refractivity contribution in [1.82, 2.24) is 20.0 Å². The first kappa shape index (κ1) is 9.51. The molecule has 5 heteroatoms. The average molecular weight is 202 g/mol. The van der Waals surface area contributed by atoms with Crippen molar-refractivity contribution in [2.24, 2.45) is 7.05 Å². The molecule has 0 atom stereocenters. The van der Waals surface area contributed by atoms with Gasteiger partial charge in [0.1, 0.15) is 5.69 Å². The third-order valence-electron chi connectivity index (χ3n) is 1.98. The number of carbonyl (C=O) groups is 1. The van der Waals surface area contributed by atoms with E-state index < -0.39 is 0 Å². The number of pyridine rings is 1. The Balaban J connectivity index is 2.36. The maximum Gasteiger partial charge on any atom is 0.233 e. The minimum Gasteiger partial charge on any atom is -0.285 e. The smallest absolute Gasteiger partial charge is 0.233 e. The highest BCUT2D eigenvalue weighted by molar-refractivity contribution is 6.06. The zero-order chi connectivity index (χ0) is 10.8. The van der Waals surface area contributed by atoms with Gasteiger partial charge in [0.2, 0.25) is 5.78 Å². The molecule has 2 rings (SSSR count). The largest absolute Gasteiger partial charge is 0.285 e. The molecule has 0 aliphatic carbocycles. The van der Waals surface area contributed by atoms with Crippen LogP contribution in [0.25, 0.3) is 0 Å². The number of rotatable bonds is 2. The molecular weight excluding hydrogens is 192 g/mol. The summed E-state index contributed by atoms with van der Waals surface area (Å²) >= 11 is 0. The Labute approximate surface area is 86.8 Å². The fraction of sp³-hybridized carbons (Fsp3) is 0.200. The van der Waals surface area contributed by atoms with Crippen LogP contribution in [0.5, 0.6) is 0 Å². The Morgan fingerprint density at radius 1 is 1.40 bits per heavy atom. The molecule has 0 saturated carbocycles. The summed E-state index contributed by atoms with van der Waals surface area (Å²) in [6.45, 7) is 1.91. The van der Waals surface area contributed by atoms with E-state index in [1.54, 1.807) is 25.5 Å². The molecule has 0 N–H and O–H groups in total. The molecule has 2 aromatic heterocycles. The van der Waals surface area contributed by atoms with E-state index in [9.17, 15) is 4.79 Å². The number of hydrogen-bond acceptors (Lipinski definition) is 4. The van der Waals surface area contributed by atoms with Crippen LogP contribution in [0.2, 0.25) is 0 Å². The third-order valence-corrected chi connectivity index (χ3v) is 1.98. The number of nitrogens with zero attached hydrogens (tertiary/aromatic N) is 4. The number of ketones is 1. The van der Waals surface area contributed by atoms with Crippen LogP contribution < -0.4 is 0 Å². The topological polar surface area (TPSA) is 60.7 Å². The second kappa shape index (κ2) is 3.61. The van der Waals surface area contributed by atoms with Gasteiger partial charge in [-0.2, -0.15) is 0 Å². The maximum absolute atomic E-state index is 11.8. The normalized spacial score (nSPS) is 10.3. The second-order valence-corrected chi connectivity index (χ2v) is 3.33. The van der Waals surface area contributed by atoms with Gasteiger partial charge in [-0.15, -0.1) is 5.10 Å². The van der Waals surface area contributed by atoms with Crippen LogP contribution in [0, 0.1) is 6.92 Å². The molecular formula is C10H10N4O. The van der Waals surface area contributed by atoms with Gasteiger partial charge < -0.3 is 0 Å².